The zero-order chi connectivity index (χ0) is 12.5. The Hall–Kier alpha value is 0.0700. The average molecular weight is 387 g/mol. The highest BCUT2D eigenvalue weighted by atomic mass is 79.9. The second kappa shape index (κ2) is 9.06. The van der Waals surface area contributed by atoms with E-state index in [2.05, 4.69) is 31.9 Å². The number of hydrogen-bond acceptors (Lipinski definition) is 2. The van der Waals surface area contributed by atoms with Gasteiger partial charge in [0, 0.05) is 15.7 Å². The summed E-state index contributed by atoms with van der Waals surface area (Å²) in [5, 5.41) is 0.934. The van der Waals surface area contributed by atoms with E-state index >= 15 is 0 Å². The second-order valence-corrected chi connectivity index (χ2v) is 5.46. The lowest BCUT2D eigenvalue weighted by Gasteiger charge is -2.12. The van der Waals surface area contributed by atoms with Crippen LogP contribution in [0, 0.1) is 0 Å². The molecule has 0 spiro atoms. The van der Waals surface area contributed by atoms with E-state index < -0.39 is 0 Å². The van der Waals surface area contributed by atoms with E-state index in [4.69, 9.17) is 21.1 Å². The second-order valence-electron chi connectivity index (χ2n) is 3.37. The van der Waals surface area contributed by atoms with Gasteiger partial charge in [-0.15, -0.1) is 11.6 Å². The number of rotatable bonds is 8. The Balaban J connectivity index is 2.59. The van der Waals surface area contributed by atoms with Gasteiger partial charge in [-0.05, 0) is 31.0 Å². The Morgan fingerprint density at radius 2 is 1.76 bits per heavy atom. The third-order valence-electron chi connectivity index (χ3n) is 1.98. The lowest BCUT2D eigenvalue weighted by atomic mass is 10.3. The number of hydrogen-bond donors (Lipinski definition) is 0. The first-order valence-corrected chi connectivity index (χ1v) is 7.90. The van der Waals surface area contributed by atoms with Crippen molar-refractivity contribution >= 4 is 43.5 Å². The fourth-order valence-electron chi connectivity index (χ4n) is 1.19. The van der Waals surface area contributed by atoms with E-state index in [1.165, 1.54) is 0 Å². The molecule has 0 bridgehead atoms. The molecule has 0 radical (unpaired) electrons. The summed E-state index contributed by atoms with van der Waals surface area (Å²) in [5.41, 5.74) is 0. The van der Waals surface area contributed by atoms with Crippen molar-refractivity contribution in [3.05, 3.63) is 22.7 Å². The molecule has 17 heavy (non-hydrogen) atoms. The zero-order valence-electron chi connectivity index (χ0n) is 9.43. The van der Waals surface area contributed by atoms with E-state index in [0.717, 1.165) is 34.1 Å². The van der Waals surface area contributed by atoms with Gasteiger partial charge in [-0.2, -0.15) is 0 Å². The quantitative estimate of drug-likeness (QED) is 0.479. The fourth-order valence-corrected chi connectivity index (χ4v) is 1.87. The van der Waals surface area contributed by atoms with Gasteiger partial charge in [0.2, 0.25) is 0 Å². The van der Waals surface area contributed by atoms with Crippen molar-refractivity contribution in [3.63, 3.8) is 0 Å². The van der Waals surface area contributed by atoms with Crippen LogP contribution in [-0.2, 0) is 0 Å². The van der Waals surface area contributed by atoms with Crippen LogP contribution in [-0.4, -0.2) is 24.4 Å². The summed E-state index contributed by atoms with van der Waals surface area (Å²) in [6, 6.07) is 5.76. The smallest absolute Gasteiger partial charge is 0.162 e. The molecule has 96 valence electrons. The monoisotopic (exact) mass is 384 g/mol. The zero-order valence-corrected chi connectivity index (χ0v) is 13.4. The predicted octanol–water partition coefficient (Wildman–Crippen LogP) is 4.62. The molecule has 0 saturated heterocycles. The molecule has 0 saturated carbocycles. The molecule has 5 heteroatoms. The van der Waals surface area contributed by atoms with Gasteiger partial charge in [0.1, 0.15) is 0 Å². The summed E-state index contributed by atoms with van der Waals surface area (Å²) in [6.45, 7) is 1.29. The molecule has 0 heterocycles. The van der Waals surface area contributed by atoms with E-state index in [1.807, 2.05) is 18.2 Å². The fraction of sp³-hybridized carbons (Fsp3) is 0.500. The Morgan fingerprint density at radius 3 is 2.47 bits per heavy atom. The molecule has 0 aliphatic heterocycles. The van der Waals surface area contributed by atoms with Crippen LogP contribution >= 0.6 is 43.5 Å². The molecule has 0 aromatic heterocycles. The molecule has 1 rings (SSSR count). The molecule has 0 fully saturated rings. The van der Waals surface area contributed by atoms with Crippen molar-refractivity contribution in [2.45, 2.75) is 12.8 Å². The molecule has 1 aromatic carbocycles. The van der Waals surface area contributed by atoms with E-state index in [-0.39, 0.29) is 0 Å². The highest BCUT2D eigenvalue weighted by Gasteiger charge is 2.05. The van der Waals surface area contributed by atoms with Crippen molar-refractivity contribution in [2.24, 2.45) is 0 Å². The molecular formula is C12H15Br2ClO2. The van der Waals surface area contributed by atoms with Gasteiger partial charge in [0.25, 0.3) is 0 Å². The van der Waals surface area contributed by atoms with Crippen LogP contribution in [0.2, 0.25) is 0 Å². The lowest BCUT2D eigenvalue weighted by Crippen LogP contribution is -2.03. The van der Waals surface area contributed by atoms with Crippen molar-refractivity contribution in [2.75, 3.05) is 24.4 Å². The summed E-state index contributed by atoms with van der Waals surface area (Å²) in [6.07, 6.45) is 1.80. The van der Waals surface area contributed by atoms with Crippen LogP contribution < -0.4 is 9.47 Å². The molecule has 0 atom stereocenters. The summed E-state index contributed by atoms with van der Waals surface area (Å²) < 4.78 is 12.3. The van der Waals surface area contributed by atoms with Crippen LogP contribution in [0.1, 0.15) is 12.8 Å². The third-order valence-corrected chi connectivity index (χ3v) is 3.30. The summed E-state index contributed by atoms with van der Waals surface area (Å²) in [7, 11) is 0. The lowest BCUT2D eigenvalue weighted by molar-refractivity contribution is 0.269. The van der Waals surface area contributed by atoms with E-state index in [1.54, 1.807) is 0 Å². The maximum absolute atomic E-state index is 5.67. The van der Waals surface area contributed by atoms with Gasteiger partial charge in [-0.25, -0.2) is 0 Å². The Labute approximate surface area is 124 Å². The standard InChI is InChI=1S/C12H15Br2ClO2/c13-5-1-7-17-12-9-10(14)3-4-11(12)16-8-2-6-15/h3-4,9H,1-2,5-8H2. The minimum atomic E-state index is 0.607. The molecule has 0 N–H and O–H groups in total. The number of alkyl halides is 2. The van der Waals surface area contributed by atoms with Gasteiger partial charge in [-0.1, -0.05) is 31.9 Å². The first-order chi connectivity index (χ1) is 8.27. The van der Waals surface area contributed by atoms with Crippen molar-refractivity contribution in [1.82, 2.24) is 0 Å². The number of ether oxygens (including phenoxy) is 2. The minimum absolute atomic E-state index is 0.607. The molecular weight excluding hydrogens is 371 g/mol. The third kappa shape index (κ3) is 5.98. The maximum Gasteiger partial charge on any atom is 0.162 e. The van der Waals surface area contributed by atoms with Crippen LogP contribution in [0.15, 0.2) is 22.7 Å². The van der Waals surface area contributed by atoms with Gasteiger partial charge >= 0.3 is 0 Å². The van der Waals surface area contributed by atoms with E-state index in [0.29, 0.717) is 19.1 Å². The van der Waals surface area contributed by atoms with Crippen LogP contribution in [0.4, 0.5) is 0 Å². The Morgan fingerprint density at radius 1 is 1.06 bits per heavy atom. The first-order valence-electron chi connectivity index (χ1n) is 5.45. The van der Waals surface area contributed by atoms with Crippen LogP contribution in [0.3, 0.4) is 0 Å². The van der Waals surface area contributed by atoms with Crippen molar-refractivity contribution in [3.8, 4) is 11.5 Å². The van der Waals surface area contributed by atoms with Gasteiger partial charge in [0.05, 0.1) is 13.2 Å². The largest absolute Gasteiger partial charge is 0.490 e. The highest BCUT2D eigenvalue weighted by molar-refractivity contribution is 9.10. The predicted molar refractivity (Wildman–Crippen MR) is 78.9 cm³/mol. The molecule has 0 unspecified atom stereocenters. The van der Waals surface area contributed by atoms with Crippen molar-refractivity contribution < 1.29 is 9.47 Å². The molecule has 0 aliphatic carbocycles. The van der Waals surface area contributed by atoms with Gasteiger partial charge in [-0.3, -0.25) is 0 Å². The molecule has 0 aliphatic rings. The highest BCUT2D eigenvalue weighted by Crippen LogP contribution is 2.30. The Kier molecular flexibility index (Phi) is 8.06. The summed E-state index contributed by atoms with van der Waals surface area (Å²) in [5.74, 6) is 2.15. The Bertz CT molecular complexity index is 334. The number of halogens is 3. The molecule has 2 nitrogen and oxygen atoms in total. The normalized spacial score (nSPS) is 10.3. The minimum Gasteiger partial charge on any atom is -0.490 e. The van der Waals surface area contributed by atoms with Gasteiger partial charge in [0.15, 0.2) is 11.5 Å². The van der Waals surface area contributed by atoms with Crippen LogP contribution in [0.5, 0.6) is 11.5 Å². The van der Waals surface area contributed by atoms with Crippen LogP contribution in [0.25, 0.3) is 0 Å². The maximum atomic E-state index is 5.67. The first kappa shape index (κ1) is 15.1. The van der Waals surface area contributed by atoms with E-state index in [9.17, 15) is 0 Å². The number of benzene rings is 1. The SMILES string of the molecule is ClCCCOc1ccc(Br)cc1OCCCBr. The topological polar surface area (TPSA) is 18.5 Å². The molecule has 1 aromatic rings. The van der Waals surface area contributed by atoms with Crippen molar-refractivity contribution in [1.29, 1.82) is 0 Å². The summed E-state index contributed by atoms with van der Waals surface area (Å²) in [4.78, 5) is 0. The van der Waals surface area contributed by atoms with Gasteiger partial charge < -0.3 is 9.47 Å². The average Bonchev–Trinajstić information content (AvgIpc) is 2.32. The summed E-state index contributed by atoms with van der Waals surface area (Å²) >= 11 is 12.4. The molecule has 0 amide bonds.